The Morgan fingerprint density at radius 2 is 2.05 bits per heavy atom. The van der Waals surface area contributed by atoms with Crippen LogP contribution in [0.4, 0.5) is 17.3 Å². The van der Waals surface area contributed by atoms with Gasteiger partial charge in [-0.2, -0.15) is 0 Å². The molecule has 0 bridgehead atoms. The van der Waals surface area contributed by atoms with Crippen molar-refractivity contribution in [3.05, 3.63) is 16.4 Å². The lowest BCUT2D eigenvalue weighted by Gasteiger charge is -2.35. The maximum atomic E-state index is 11.5. The van der Waals surface area contributed by atoms with Crippen molar-refractivity contribution in [3.8, 4) is 0 Å². The van der Waals surface area contributed by atoms with E-state index in [0.717, 1.165) is 25.9 Å². The quantitative estimate of drug-likeness (QED) is 0.654. The number of anilines is 2. The summed E-state index contributed by atoms with van der Waals surface area (Å²) in [4.78, 5) is 23.5. The Labute approximate surface area is 130 Å². The van der Waals surface area contributed by atoms with E-state index in [9.17, 15) is 10.1 Å². The molecule has 1 N–H and O–H groups in total. The zero-order valence-electron chi connectivity index (χ0n) is 13.6. The number of hydrogen-bond acceptors (Lipinski definition) is 7. The number of piperidine rings is 1. The molecule has 1 aromatic rings. The van der Waals surface area contributed by atoms with E-state index in [1.807, 2.05) is 25.8 Å². The number of aromatic nitrogens is 2. The zero-order valence-corrected chi connectivity index (χ0v) is 13.6. The molecule has 22 heavy (non-hydrogen) atoms. The van der Waals surface area contributed by atoms with E-state index in [1.54, 1.807) is 0 Å². The summed E-state index contributed by atoms with van der Waals surface area (Å²) < 4.78 is 0. The average Bonchev–Trinajstić information content (AvgIpc) is 2.46. The molecule has 8 nitrogen and oxygen atoms in total. The largest absolute Gasteiger partial charge is 0.362 e. The SMILES string of the molecule is CC(C)Nc1ncnc(N(C)C2CCN(C)CC2)c1[N+](=O)[O-]. The molecular formula is C14H24N6O2. The summed E-state index contributed by atoms with van der Waals surface area (Å²) in [7, 11) is 3.97. The van der Waals surface area contributed by atoms with Gasteiger partial charge in [-0.05, 0) is 46.8 Å². The van der Waals surface area contributed by atoms with Crippen molar-refractivity contribution in [3.63, 3.8) is 0 Å². The number of rotatable bonds is 5. The third-order valence-electron chi connectivity index (χ3n) is 3.98. The first-order valence-electron chi connectivity index (χ1n) is 7.57. The highest BCUT2D eigenvalue weighted by molar-refractivity contribution is 5.70. The molecule has 1 fully saturated rings. The molecule has 2 heterocycles. The molecule has 0 unspecified atom stereocenters. The molecule has 0 amide bonds. The molecule has 0 radical (unpaired) electrons. The van der Waals surface area contributed by atoms with Gasteiger partial charge < -0.3 is 15.1 Å². The van der Waals surface area contributed by atoms with Gasteiger partial charge in [0.1, 0.15) is 6.33 Å². The number of hydrogen-bond donors (Lipinski definition) is 1. The first-order chi connectivity index (χ1) is 10.4. The van der Waals surface area contributed by atoms with Gasteiger partial charge in [0.2, 0.25) is 11.6 Å². The monoisotopic (exact) mass is 308 g/mol. The predicted molar refractivity (Wildman–Crippen MR) is 86.4 cm³/mol. The summed E-state index contributed by atoms with van der Waals surface area (Å²) >= 11 is 0. The average molecular weight is 308 g/mol. The fraction of sp³-hybridized carbons (Fsp3) is 0.714. The highest BCUT2D eigenvalue weighted by atomic mass is 16.6. The van der Waals surface area contributed by atoms with Crippen LogP contribution < -0.4 is 10.2 Å². The minimum Gasteiger partial charge on any atom is -0.362 e. The fourth-order valence-corrected chi connectivity index (χ4v) is 2.73. The molecule has 0 saturated carbocycles. The lowest BCUT2D eigenvalue weighted by Crippen LogP contribution is -2.42. The molecule has 0 spiro atoms. The minimum absolute atomic E-state index is 0.0439. The van der Waals surface area contributed by atoms with Crippen molar-refractivity contribution < 1.29 is 4.92 Å². The van der Waals surface area contributed by atoms with Gasteiger partial charge in [0.25, 0.3) is 0 Å². The minimum atomic E-state index is -0.397. The van der Waals surface area contributed by atoms with Gasteiger partial charge in [0.15, 0.2) is 0 Å². The molecular weight excluding hydrogens is 284 g/mol. The van der Waals surface area contributed by atoms with E-state index in [2.05, 4.69) is 27.2 Å². The standard InChI is InChI=1S/C14H24N6O2/c1-10(2)17-13-12(20(21)22)14(16-9-15-13)19(4)11-5-7-18(3)8-6-11/h9-11H,5-8H2,1-4H3,(H,15,16,17). The van der Waals surface area contributed by atoms with E-state index in [0.29, 0.717) is 5.82 Å². The normalized spacial score (nSPS) is 16.8. The Morgan fingerprint density at radius 1 is 1.41 bits per heavy atom. The summed E-state index contributed by atoms with van der Waals surface area (Å²) in [6.07, 6.45) is 3.33. The smallest absolute Gasteiger partial charge is 0.353 e. The maximum absolute atomic E-state index is 11.5. The van der Waals surface area contributed by atoms with Crippen LogP contribution in [-0.4, -0.2) is 59.1 Å². The second-order valence-electron chi connectivity index (χ2n) is 6.10. The van der Waals surface area contributed by atoms with Crippen molar-refractivity contribution in [1.29, 1.82) is 0 Å². The predicted octanol–water partition coefficient (Wildman–Crippen LogP) is 1.74. The Balaban J connectivity index is 2.31. The lowest BCUT2D eigenvalue weighted by molar-refractivity contribution is -0.383. The first kappa shape index (κ1) is 16.4. The molecule has 1 saturated heterocycles. The van der Waals surface area contributed by atoms with Crippen LogP contribution in [0.25, 0.3) is 0 Å². The molecule has 2 rings (SSSR count). The van der Waals surface area contributed by atoms with Crippen molar-refractivity contribution in [2.45, 2.75) is 38.8 Å². The third-order valence-corrected chi connectivity index (χ3v) is 3.98. The van der Waals surface area contributed by atoms with E-state index >= 15 is 0 Å². The molecule has 0 aromatic carbocycles. The lowest BCUT2D eigenvalue weighted by atomic mass is 10.0. The van der Waals surface area contributed by atoms with Crippen LogP contribution in [0.3, 0.4) is 0 Å². The molecule has 122 valence electrons. The Bertz CT molecular complexity index is 528. The van der Waals surface area contributed by atoms with Crippen LogP contribution in [0.2, 0.25) is 0 Å². The van der Waals surface area contributed by atoms with Crippen molar-refractivity contribution in [2.75, 3.05) is 37.4 Å². The van der Waals surface area contributed by atoms with Gasteiger partial charge in [-0.25, -0.2) is 9.97 Å². The van der Waals surface area contributed by atoms with Crippen LogP contribution in [-0.2, 0) is 0 Å². The number of nitrogens with one attached hydrogen (secondary N) is 1. The maximum Gasteiger partial charge on any atom is 0.353 e. The third kappa shape index (κ3) is 3.62. The Morgan fingerprint density at radius 3 is 2.59 bits per heavy atom. The van der Waals surface area contributed by atoms with Crippen LogP contribution in [0, 0.1) is 10.1 Å². The summed E-state index contributed by atoms with van der Waals surface area (Å²) in [5, 5.41) is 14.5. The highest BCUT2D eigenvalue weighted by Gasteiger charge is 2.30. The highest BCUT2D eigenvalue weighted by Crippen LogP contribution is 2.33. The van der Waals surface area contributed by atoms with Gasteiger partial charge in [-0.1, -0.05) is 0 Å². The molecule has 0 atom stereocenters. The van der Waals surface area contributed by atoms with Crippen molar-refractivity contribution in [2.24, 2.45) is 0 Å². The molecule has 1 aromatic heterocycles. The molecule has 0 aliphatic carbocycles. The van der Waals surface area contributed by atoms with Gasteiger partial charge >= 0.3 is 5.69 Å². The summed E-state index contributed by atoms with van der Waals surface area (Å²) in [5.41, 5.74) is -0.0439. The number of likely N-dealkylation sites (tertiary alicyclic amines) is 1. The van der Waals surface area contributed by atoms with Gasteiger partial charge in [0, 0.05) is 19.1 Å². The summed E-state index contributed by atoms with van der Waals surface area (Å²) in [6, 6.07) is 0.326. The topological polar surface area (TPSA) is 87.4 Å². The molecule has 1 aliphatic rings. The Hall–Kier alpha value is -1.96. The van der Waals surface area contributed by atoms with Crippen molar-refractivity contribution in [1.82, 2.24) is 14.9 Å². The fourth-order valence-electron chi connectivity index (χ4n) is 2.73. The summed E-state index contributed by atoms with van der Waals surface area (Å²) in [5.74, 6) is 0.669. The second kappa shape index (κ2) is 6.87. The molecule has 8 heteroatoms. The number of nitrogens with zero attached hydrogens (tertiary/aromatic N) is 5. The van der Waals surface area contributed by atoms with Crippen LogP contribution in [0.1, 0.15) is 26.7 Å². The number of nitro groups is 1. The van der Waals surface area contributed by atoms with E-state index < -0.39 is 4.92 Å². The van der Waals surface area contributed by atoms with Crippen LogP contribution >= 0.6 is 0 Å². The van der Waals surface area contributed by atoms with Gasteiger partial charge in [-0.15, -0.1) is 0 Å². The van der Waals surface area contributed by atoms with E-state index in [4.69, 9.17) is 0 Å². The van der Waals surface area contributed by atoms with Crippen LogP contribution in [0.15, 0.2) is 6.33 Å². The Kier molecular flexibility index (Phi) is 5.12. The first-order valence-corrected chi connectivity index (χ1v) is 7.57. The van der Waals surface area contributed by atoms with Gasteiger partial charge in [-0.3, -0.25) is 10.1 Å². The molecule has 1 aliphatic heterocycles. The van der Waals surface area contributed by atoms with E-state index in [1.165, 1.54) is 6.33 Å². The van der Waals surface area contributed by atoms with Crippen molar-refractivity contribution >= 4 is 17.3 Å². The van der Waals surface area contributed by atoms with E-state index in [-0.39, 0.29) is 23.6 Å². The zero-order chi connectivity index (χ0) is 16.3. The van der Waals surface area contributed by atoms with Gasteiger partial charge in [0.05, 0.1) is 4.92 Å². The summed E-state index contributed by atoms with van der Waals surface area (Å²) in [6.45, 7) is 5.83. The second-order valence-corrected chi connectivity index (χ2v) is 6.10. The van der Waals surface area contributed by atoms with Crippen LogP contribution in [0.5, 0.6) is 0 Å².